The van der Waals surface area contributed by atoms with Gasteiger partial charge in [0.05, 0.1) is 0 Å². The average molecular weight is 198 g/mol. The first kappa shape index (κ1) is 12.7. The van der Waals surface area contributed by atoms with Gasteiger partial charge in [0.15, 0.2) is 0 Å². The maximum atomic E-state index is 10.8. The number of aldehydes is 1. The van der Waals surface area contributed by atoms with Crippen LogP contribution >= 0.6 is 0 Å². The summed E-state index contributed by atoms with van der Waals surface area (Å²) in [6.07, 6.45) is 2.08. The fourth-order valence-electron chi connectivity index (χ4n) is 1.28. The molecule has 0 amide bonds. The molecule has 0 saturated carbocycles. The first-order chi connectivity index (χ1) is 6.40. The highest BCUT2D eigenvalue weighted by atomic mass is 16.4. The molecule has 0 N–H and O–H groups in total. The van der Waals surface area contributed by atoms with E-state index in [1.54, 1.807) is 32.8 Å². The van der Waals surface area contributed by atoms with Crippen molar-refractivity contribution in [3.8, 4) is 0 Å². The van der Waals surface area contributed by atoms with Gasteiger partial charge in [-0.2, -0.15) is 0 Å². The molecule has 0 fully saturated rings. The SMILES string of the molecule is CC(C)C(C(=O)[O-])/C(C=O)=C/N(C)C. The van der Waals surface area contributed by atoms with E-state index in [9.17, 15) is 14.7 Å². The van der Waals surface area contributed by atoms with Crippen molar-refractivity contribution in [3.63, 3.8) is 0 Å². The Morgan fingerprint density at radius 2 is 1.86 bits per heavy atom. The molecule has 0 aliphatic heterocycles. The Balaban J connectivity index is 4.95. The lowest BCUT2D eigenvalue weighted by atomic mass is 9.89. The van der Waals surface area contributed by atoms with Gasteiger partial charge in [-0.1, -0.05) is 13.8 Å². The minimum absolute atomic E-state index is 0.156. The van der Waals surface area contributed by atoms with Crippen molar-refractivity contribution < 1.29 is 14.7 Å². The van der Waals surface area contributed by atoms with Crippen molar-refractivity contribution in [2.45, 2.75) is 13.8 Å². The maximum Gasteiger partial charge on any atom is 0.148 e. The molecule has 0 spiro atoms. The van der Waals surface area contributed by atoms with Crippen molar-refractivity contribution in [3.05, 3.63) is 11.8 Å². The smallest absolute Gasteiger partial charge is 0.148 e. The van der Waals surface area contributed by atoms with E-state index < -0.39 is 11.9 Å². The van der Waals surface area contributed by atoms with E-state index in [1.807, 2.05) is 0 Å². The van der Waals surface area contributed by atoms with E-state index >= 15 is 0 Å². The molecule has 1 atom stereocenters. The number of carboxylic acid groups (broad SMARTS) is 1. The first-order valence-electron chi connectivity index (χ1n) is 4.44. The average Bonchev–Trinajstić information content (AvgIpc) is 2.00. The Labute approximate surface area is 84.2 Å². The second-order valence-corrected chi connectivity index (χ2v) is 3.75. The summed E-state index contributed by atoms with van der Waals surface area (Å²) in [5.41, 5.74) is 0.241. The lowest BCUT2D eigenvalue weighted by Crippen LogP contribution is -2.36. The first-order valence-corrected chi connectivity index (χ1v) is 4.44. The summed E-state index contributed by atoms with van der Waals surface area (Å²) in [6, 6.07) is 0. The number of aliphatic carboxylic acids is 1. The molecule has 0 aromatic carbocycles. The van der Waals surface area contributed by atoms with Crippen molar-refractivity contribution in [2.75, 3.05) is 14.1 Å². The van der Waals surface area contributed by atoms with Crippen LogP contribution in [0, 0.1) is 11.8 Å². The van der Waals surface area contributed by atoms with Gasteiger partial charge in [-0.15, -0.1) is 0 Å². The topological polar surface area (TPSA) is 60.4 Å². The molecule has 0 radical (unpaired) electrons. The molecule has 14 heavy (non-hydrogen) atoms. The highest BCUT2D eigenvalue weighted by Gasteiger charge is 2.19. The van der Waals surface area contributed by atoms with Crippen LogP contribution in [0.3, 0.4) is 0 Å². The summed E-state index contributed by atoms with van der Waals surface area (Å²) >= 11 is 0. The molecule has 80 valence electrons. The van der Waals surface area contributed by atoms with Crippen molar-refractivity contribution in [2.24, 2.45) is 11.8 Å². The molecule has 1 unspecified atom stereocenters. The van der Waals surface area contributed by atoms with Crippen LogP contribution in [-0.4, -0.2) is 31.3 Å². The summed E-state index contributed by atoms with van der Waals surface area (Å²) in [5.74, 6) is -2.20. The summed E-state index contributed by atoms with van der Waals surface area (Å²) in [6.45, 7) is 3.49. The summed E-state index contributed by atoms with van der Waals surface area (Å²) in [7, 11) is 3.46. The Morgan fingerprint density at radius 1 is 1.36 bits per heavy atom. The van der Waals surface area contributed by atoms with Crippen molar-refractivity contribution >= 4 is 12.3 Å². The molecule has 0 heterocycles. The molecule has 0 aliphatic rings. The number of carbonyl (C=O) groups is 2. The van der Waals surface area contributed by atoms with E-state index in [4.69, 9.17) is 0 Å². The van der Waals surface area contributed by atoms with Crippen LogP contribution < -0.4 is 5.11 Å². The quantitative estimate of drug-likeness (QED) is 0.447. The number of hydrogen-bond donors (Lipinski definition) is 0. The monoisotopic (exact) mass is 198 g/mol. The van der Waals surface area contributed by atoms with Gasteiger partial charge in [-0.25, -0.2) is 0 Å². The summed E-state index contributed by atoms with van der Waals surface area (Å²) < 4.78 is 0. The molecule has 4 nitrogen and oxygen atoms in total. The van der Waals surface area contributed by atoms with Crippen LogP contribution in [0.25, 0.3) is 0 Å². The minimum Gasteiger partial charge on any atom is -0.549 e. The van der Waals surface area contributed by atoms with E-state index in [2.05, 4.69) is 0 Å². The minimum atomic E-state index is -1.21. The van der Waals surface area contributed by atoms with Crippen LogP contribution in [0.5, 0.6) is 0 Å². The Morgan fingerprint density at radius 3 is 2.07 bits per heavy atom. The largest absolute Gasteiger partial charge is 0.549 e. The predicted molar refractivity (Wildman–Crippen MR) is 51.2 cm³/mol. The summed E-state index contributed by atoms with van der Waals surface area (Å²) in [4.78, 5) is 23.1. The number of carbonyl (C=O) groups excluding carboxylic acids is 2. The van der Waals surface area contributed by atoms with E-state index in [-0.39, 0.29) is 11.5 Å². The van der Waals surface area contributed by atoms with E-state index in [0.717, 1.165) is 0 Å². The fraction of sp³-hybridized carbons (Fsp3) is 0.600. The van der Waals surface area contributed by atoms with Crippen LogP contribution in [0.1, 0.15) is 13.8 Å². The Kier molecular flexibility index (Phi) is 4.91. The number of nitrogens with zero attached hydrogens (tertiary/aromatic N) is 1. The van der Waals surface area contributed by atoms with Gasteiger partial charge in [-0.05, 0) is 5.92 Å². The third-order valence-electron chi connectivity index (χ3n) is 1.82. The molecule has 0 aromatic rings. The third kappa shape index (κ3) is 3.60. The molecular formula is C10H16NO3-. The number of carboxylic acids is 1. The highest BCUT2D eigenvalue weighted by Crippen LogP contribution is 2.18. The third-order valence-corrected chi connectivity index (χ3v) is 1.82. The normalized spacial score (nSPS) is 13.9. The van der Waals surface area contributed by atoms with Crippen LogP contribution in [0.2, 0.25) is 0 Å². The zero-order valence-electron chi connectivity index (χ0n) is 8.98. The van der Waals surface area contributed by atoms with E-state index in [0.29, 0.717) is 6.29 Å². The highest BCUT2D eigenvalue weighted by molar-refractivity contribution is 5.85. The van der Waals surface area contributed by atoms with Gasteiger partial charge in [0.25, 0.3) is 0 Å². The van der Waals surface area contributed by atoms with Crippen LogP contribution in [0.15, 0.2) is 11.8 Å². The lowest BCUT2D eigenvalue weighted by Gasteiger charge is -2.22. The van der Waals surface area contributed by atoms with Gasteiger partial charge in [0.1, 0.15) is 6.29 Å². The maximum absolute atomic E-state index is 10.8. The fourth-order valence-corrected chi connectivity index (χ4v) is 1.28. The molecule has 0 aromatic heterocycles. The van der Waals surface area contributed by atoms with Crippen LogP contribution in [0.4, 0.5) is 0 Å². The Hall–Kier alpha value is -1.32. The Bertz CT molecular complexity index is 244. The van der Waals surface area contributed by atoms with Gasteiger partial charge in [0.2, 0.25) is 0 Å². The number of hydrogen-bond acceptors (Lipinski definition) is 4. The predicted octanol–water partition coefficient (Wildman–Crippen LogP) is -0.347. The zero-order chi connectivity index (χ0) is 11.3. The zero-order valence-corrected chi connectivity index (χ0v) is 8.98. The van der Waals surface area contributed by atoms with Gasteiger partial charge in [-0.3, -0.25) is 4.79 Å². The van der Waals surface area contributed by atoms with Gasteiger partial charge < -0.3 is 14.8 Å². The lowest BCUT2D eigenvalue weighted by molar-refractivity contribution is -0.311. The number of rotatable bonds is 5. The van der Waals surface area contributed by atoms with Crippen LogP contribution in [-0.2, 0) is 9.59 Å². The van der Waals surface area contributed by atoms with Crippen molar-refractivity contribution in [1.82, 2.24) is 4.90 Å². The van der Waals surface area contributed by atoms with Gasteiger partial charge in [0, 0.05) is 37.8 Å². The molecule has 0 aliphatic carbocycles. The van der Waals surface area contributed by atoms with Crippen molar-refractivity contribution in [1.29, 1.82) is 0 Å². The standard InChI is InChI=1S/C10H17NO3/c1-7(2)9(10(13)14)8(6-12)5-11(3)4/h5-7,9H,1-4H3,(H,13,14)/p-1/b8-5+. The molecular weight excluding hydrogens is 182 g/mol. The second-order valence-electron chi connectivity index (χ2n) is 3.75. The second kappa shape index (κ2) is 5.42. The summed E-state index contributed by atoms with van der Waals surface area (Å²) in [5, 5.41) is 10.8. The molecule has 4 heteroatoms. The molecule has 0 saturated heterocycles. The van der Waals surface area contributed by atoms with E-state index in [1.165, 1.54) is 6.20 Å². The molecule has 0 bridgehead atoms. The molecule has 0 rings (SSSR count). The van der Waals surface area contributed by atoms with Gasteiger partial charge >= 0.3 is 0 Å².